The lowest BCUT2D eigenvalue weighted by Crippen LogP contribution is -2.60. The van der Waals surface area contributed by atoms with E-state index in [9.17, 15) is 34.2 Å². The summed E-state index contributed by atoms with van der Waals surface area (Å²) in [7, 11) is 0. The van der Waals surface area contributed by atoms with Crippen molar-refractivity contribution < 1.29 is 34.2 Å². The van der Waals surface area contributed by atoms with Crippen LogP contribution in [0.3, 0.4) is 0 Å². The summed E-state index contributed by atoms with van der Waals surface area (Å²) in [4.78, 5) is 66.6. The molecule has 0 aliphatic carbocycles. The Bertz CT molecular complexity index is 1620. The number of hydrogen-bond acceptors (Lipinski definition) is 8. The molecule has 10 N–H and O–H groups in total. The smallest absolute Gasteiger partial charge is 0.326 e. The van der Waals surface area contributed by atoms with Gasteiger partial charge < -0.3 is 42.9 Å². The lowest BCUT2D eigenvalue weighted by Gasteiger charge is -2.28. The van der Waals surface area contributed by atoms with E-state index in [0.717, 1.165) is 14.7 Å². The zero-order valence-corrected chi connectivity index (χ0v) is 31.5. The Kier molecular flexibility index (Phi) is 17.0. The summed E-state index contributed by atoms with van der Waals surface area (Å²) in [5, 5.41) is 30.3. The van der Waals surface area contributed by atoms with Gasteiger partial charge in [-0.15, -0.1) is 0 Å². The number of halogens is 1. The fourth-order valence-electron chi connectivity index (χ4n) is 5.45. The minimum Gasteiger partial charge on any atom is -0.508 e. The number of aromatic hydroxyl groups is 1. The normalized spacial score (nSPS) is 14.0. The molecule has 0 fully saturated rings. The highest BCUT2D eigenvalue weighted by atomic mass is 127. The van der Waals surface area contributed by atoms with Crippen LogP contribution in [0.2, 0.25) is 0 Å². The second-order valence-corrected chi connectivity index (χ2v) is 14.3. The molecule has 0 radical (unpaired) electrons. The first kappa shape index (κ1) is 41.9. The molecule has 0 saturated heterocycles. The third-order valence-electron chi connectivity index (χ3n) is 8.44. The maximum atomic E-state index is 13.9. The van der Waals surface area contributed by atoms with Crippen LogP contribution in [-0.4, -0.2) is 76.6 Å². The number of carboxylic acids is 1. The number of amides is 4. The largest absolute Gasteiger partial charge is 0.508 e. The molecular formula is C38H49IN6O7. The summed E-state index contributed by atoms with van der Waals surface area (Å²) in [5.74, 6) is -4.25. The van der Waals surface area contributed by atoms with Crippen molar-refractivity contribution in [2.75, 3.05) is 6.54 Å². The molecule has 0 unspecified atom stereocenters. The van der Waals surface area contributed by atoms with Gasteiger partial charge in [0.25, 0.3) is 0 Å². The van der Waals surface area contributed by atoms with Crippen molar-refractivity contribution in [1.29, 1.82) is 0 Å². The average molecular weight is 829 g/mol. The summed E-state index contributed by atoms with van der Waals surface area (Å²) >= 11 is 2.17. The topological polar surface area (TPSA) is 226 Å². The highest BCUT2D eigenvalue weighted by Crippen LogP contribution is 2.14. The van der Waals surface area contributed by atoms with Crippen LogP contribution in [0.1, 0.15) is 49.8 Å². The molecule has 0 bridgehead atoms. The molecule has 3 aromatic rings. The molecule has 0 heterocycles. The van der Waals surface area contributed by atoms with Gasteiger partial charge in [-0.3, -0.25) is 19.2 Å². The lowest BCUT2D eigenvalue weighted by atomic mass is 9.99. The number of phenolic OH excluding ortho intramolecular Hbond substituents is 1. The number of benzene rings is 3. The van der Waals surface area contributed by atoms with E-state index in [2.05, 4.69) is 43.9 Å². The predicted octanol–water partition coefficient (Wildman–Crippen LogP) is 2.16. The minimum atomic E-state index is -1.23. The molecule has 0 aliphatic rings. The molecule has 5 atom stereocenters. The Morgan fingerprint density at radius 2 is 1.15 bits per heavy atom. The van der Waals surface area contributed by atoms with E-state index in [0.29, 0.717) is 24.9 Å². The van der Waals surface area contributed by atoms with Crippen LogP contribution in [0, 0.1) is 9.49 Å². The standard InChI is InChI=1S/C38H49IN6O7/c1-23(2)33(37(50)44-31(22-26-13-17-28(46)18-14-26)35(48)42-30(38(51)52)10-6-7-19-40)45-36(49)32(21-25-11-15-27(39)16-12-25)43-34(47)29(41)20-24-8-4-3-5-9-24/h3-5,8-9,11-18,23,29-33,46H,6-7,10,19-22,40-41H2,1-2H3,(H,42,48)(H,43,47)(H,44,50)(H,45,49)(H,51,52)/t29-,30-,31-,32-,33-/m0/s1. The van der Waals surface area contributed by atoms with Crippen LogP contribution in [0.5, 0.6) is 5.75 Å². The van der Waals surface area contributed by atoms with E-state index < -0.39 is 65.7 Å². The SMILES string of the molecule is CC(C)[C@H](NC(=O)[C@H](Cc1ccc(I)cc1)NC(=O)[C@@H](N)Cc1ccccc1)C(=O)N[C@@H](Cc1ccc(O)cc1)C(=O)N[C@@H](CCCCN)C(=O)O. The Morgan fingerprint density at radius 1 is 0.654 bits per heavy atom. The van der Waals surface area contributed by atoms with E-state index in [1.54, 1.807) is 26.0 Å². The van der Waals surface area contributed by atoms with Gasteiger partial charge in [0.1, 0.15) is 29.9 Å². The van der Waals surface area contributed by atoms with Gasteiger partial charge in [0, 0.05) is 16.4 Å². The molecular weight excluding hydrogens is 779 g/mol. The Hall–Kier alpha value is -4.54. The zero-order chi connectivity index (χ0) is 38.2. The number of rotatable bonds is 20. The average Bonchev–Trinajstić information content (AvgIpc) is 3.11. The molecule has 3 aromatic carbocycles. The maximum Gasteiger partial charge on any atom is 0.326 e. The number of phenols is 1. The van der Waals surface area contributed by atoms with Crippen molar-refractivity contribution in [3.63, 3.8) is 0 Å². The van der Waals surface area contributed by atoms with Gasteiger partial charge in [-0.05, 0) is 102 Å². The van der Waals surface area contributed by atoms with E-state index >= 15 is 0 Å². The first-order valence-electron chi connectivity index (χ1n) is 17.2. The summed E-state index contributed by atoms with van der Waals surface area (Å²) in [6, 6.07) is 17.1. The van der Waals surface area contributed by atoms with Crippen molar-refractivity contribution in [3.8, 4) is 5.75 Å². The lowest BCUT2D eigenvalue weighted by molar-refractivity contribution is -0.142. The highest BCUT2D eigenvalue weighted by Gasteiger charge is 2.33. The second-order valence-electron chi connectivity index (χ2n) is 13.0. The first-order valence-corrected chi connectivity index (χ1v) is 18.3. The van der Waals surface area contributed by atoms with Gasteiger partial charge in [-0.2, -0.15) is 0 Å². The van der Waals surface area contributed by atoms with Gasteiger partial charge in [0.15, 0.2) is 0 Å². The summed E-state index contributed by atoms with van der Waals surface area (Å²) in [5.41, 5.74) is 14.0. The predicted molar refractivity (Wildman–Crippen MR) is 206 cm³/mol. The Labute approximate surface area is 317 Å². The molecule has 4 amide bonds. The number of unbranched alkanes of at least 4 members (excludes halogenated alkanes) is 1. The van der Waals surface area contributed by atoms with Gasteiger partial charge >= 0.3 is 5.97 Å². The van der Waals surface area contributed by atoms with Crippen LogP contribution in [0.4, 0.5) is 0 Å². The molecule has 0 saturated carbocycles. The van der Waals surface area contributed by atoms with Crippen LogP contribution in [-0.2, 0) is 43.2 Å². The van der Waals surface area contributed by atoms with E-state index in [1.165, 1.54) is 12.1 Å². The molecule has 0 spiro atoms. The number of carbonyl (C=O) groups is 5. The summed E-state index contributed by atoms with van der Waals surface area (Å²) in [6.45, 7) is 3.82. The minimum absolute atomic E-state index is 0.00937. The monoisotopic (exact) mass is 828 g/mol. The molecule has 3 rings (SSSR count). The quantitative estimate of drug-likeness (QED) is 0.0616. The molecule has 0 aromatic heterocycles. The molecule has 280 valence electrons. The molecule has 0 aliphatic heterocycles. The van der Waals surface area contributed by atoms with E-state index in [4.69, 9.17) is 11.5 Å². The third-order valence-corrected chi connectivity index (χ3v) is 9.16. The fraction of sp³-hybridized carbons (Fsp3) is 0.395. The fourth-order valence-corrected chi connectivity index (χ4v) is 5.81. The number of nitrogens with two attached hydrogens (primary N) is 2. The van der Waals surface area contributed by atoms with Crippen LogP contribution < -0.4 is 32.7 Å². The van der Waals surface area contributed by atoms with Crippen molar-refractivity contribution in [2.24, 2.45) is 17.4 Å². The zero-order valence-electron chi connectivity index (χ0n) is 29.4. The summed E-state index contributed by atoms with van der Waals surface area (Å²) < 4.78 is 0.990. The third kappa shape index (κ3) is 13.9. The van der Waals surface area contributed by atoms with Crippen LogP contribution in [0.25, 0.3) is 0 Å². The van der Waals surface area contributed by atoms with Gasteiger partial charge in [-0.25, -0.2) is 4.79 Å². The Balaban J connectivity index is 1.83. The first-order chi connectivity index (χ1) is 24.8. The van der Waals surface area contributed by atoms with Crippen molar-refractivity contribution >= 4 is 52.2 Å². The van der Waals surface area contributed by atoms with Crippen molar-refractivity contribution in [1.82, 2.24) is 21.3 Å². The van der Waals surface area contributed by atoms with Gasteiger partial charge in [0.2, 0.25) is 23.6 Å². The molecule has 13 nitrogen and oxygen atoms in total. The number of carboxylic acid groups (broad SMARTS) is 1. The molecule has 52 heavy (non-hydrogen) atoms. The number of hydrogen-bond donors (Lipinski definition) is 8. The van der Waals surface area contributed by atoms with Crippen molar-refractivity contribution in [2.45, 2.75) is 82.6 Å². The van der Waals surface area contributed by atoms with E-state index in [1.807, 2.05) is 54.6 Å². The van der Waals surface area contributed by atoms with Crippen LogP contribution >= 0.6 is 22.6 Å². The highest BCUT2D eigenvalue weighted by molar-refractivity contribution is 14.1. The number of nitrogens with one attached hydrogen (secondary N) is 4. The summed E-state index contributed by atoms with van der Waals surface area (Å²) in [6.07, 6.45) is 1.53. The van der Waals surface area contributed by atoms with E-state index in [-0.39, 0.29) is 31.4 Å². The number of carbonyl (C=O) groups excluding carboxylic acids is 4. The van der Waals surface area contributed by atoms with Crippen molar-refractivity contribution in [3.05, 3.63) is 99.1 Å². The maximum absolute atomic E-state index is 13.9. The molecule has 14 heteroatoms. The van der Waals surface area contributed by atoms with Gasteiger partial charge in [0.05, 0.1) is 6.04 Å². The van der Waals surface area contributed by atoms with Gasteiger partial charge in [-0.1, -0.05) is 68.4 Å². The Morgan fingerprint density at radius 3 is 1.69 bits per heavy atom. The van der Waals surface area contributed by atoms with Crippen LogP contribution in [0.15, 0.2) is 78.9 Å². The number of aliphatic carboxylic acids is 1. The second kappa shape index (κ2) is 21.1.